The Balaban J connectivity index is 1.47. The maximum Gasteiger partial charge on any atom is 0.0630 e. The zero-order valence-corrected chi connectivity index (χ0v) is 16.6. The predicted octanol–water partition coefficient (Wildman–Crippen LogP) is 6.34. The number of hydrogen-bond donors (Lipinski definition) is 0. The SMILES string of the molecule is Cc1cc2c(cc1C)CN(c1ccc(C=Nc3ccc(Br)cc3)cc1)C2. The van der Waals surface area contributed by atoms with Crippen molar-refractivity contribution in [3.63, 3.8) is 0 Å². The van der Waals surface area contributed by atoms with Crippen LogP contribution in [0.2, 0.25) is 0 Å². The number of benzene rings is 3. The van der Waals surface area contributed by atoms with E-state index in [9.17, 15) is 0 Å². The van der Waals surface area contributed by atoms with Gasteiger partial charge in [-0.2, -0.15) is 0 Å². The van der Waals surface area contributed by atoms with E-state index >= 15 is 0 Å². The summed E-state index contributed by atoms with van der Waals surface area (Å²) in [5, 5.41) is 0. The van der Waals surface area contributed by atoms with Crippen LogP contribution in [0, 0.1) is 13.8 Å². The van der Waals surface area contributed by atoms with Crippen molar-refractivity contribution in [3.8, 4) is 0 Å². The highest BCUT2D eigenvalue weighted by Gasteiger charge is 2.19. The minimum Gasteiger partial charge on any atom is -0.363 e. The molecule has 0 aromatic heterocycles. The van der Waals surface area contributed by atoms with Crippen LogP contribution < -0.4 is 4.90 Å². The Morgan fingerprint density at radius 2 is 1.42 bits per heavy atom. The molecule has 0 amide bonds. The van der Waals surface area contributed by atoms with Crippen molar-refractivity contribution in [2.75, 3.05) is 4.90 Å². The molecule has 1 aliphatic rings. The smallest absolute Gasteiger partial charge is 0.0630 e. The fourth-order valence-electron chi connectivity index (χ4n) is 3.33. The number of nitrogens with zero attached hydrogens (tertiary/aromatic N) is 2. The van der Waals surface area contributed by atoms with E-state index in [0.29, 0.717) is 0 Å². The molecule has 1 aliphatic heterocycles. The van der Waals surface area contributed by atoms with Gasteiger partial charge in [0.05, 0.1) is 5.69 Å². The molecule has 0 saturated heterocycles. The third-order valence-electron chi connectivity index (χ3n) is 4.99. The number of anilines is 1. The molecule has 3 aromatic carbocycles. The van der Waals surface area contributed by atoms with Crippen LogP contribution >= 0.6 is 15.9 Å². The molecule has 4 rings (SSSR count). The summed E-state index contributed by atoms with van der Waals surface area (Å²) < 4.78 is 1.07. The molecule has 0 fully saturated rings. The first-order valence-electron chi connectivity index (χ1n) is 8.82. The van der Waals surface area contributed by atoms with Crippen LogP contribution in [0.1, 0.15) is 27.8 Å². The zero-order valence-electron chi connectivity index (χ0n) is 15.0. The summed E-state index contributed by atoms with van der Waals surface area (Å²) in [6, 6.07) is 21.3. The minimum absolute atomic E-state index is 0.956. The van der Waals surface area contributed by atoms with Gasteiger partial charge < -0.3 is 4.90 Å². The van der Waals surface area contributed by atoms with Crippen molar-refractivity contribution in [1.82, 2.24) is 0 Å². The van der Waals surface area contributed by atoms with Crippen molar-refractivity contribution >= 4 is 33.5 Å². The molecule has 2 nitrogen and oxygen atoms in total. The van der Waals surface area contributed by atoms with E-state index in [4.69, 9.17) is 0 Å². The lowest BCUT2D eigenvalue weighted by molar-refractivity contribution is 0.880. The average molecular weight is 405 g/mol. The Labute approximate surface area is 163 Å². The van der Waals surface area contributed by atoms with Gasteiger partial charge in [-0.1, -0.05) is 40.2 Å². The lowest BCUT2D eigenvalue weighted by atomic mass is 10.0. The number of halogens is 1. The lowest BCUT2D eigenvalue weighted by Gasteiger charge is -2.17. The fourth-order valence-corrected chi connectivity index (χ4v) is 3.59. The molecule has 3 aromatic rings. The van der Waals surface area contributed by atoms with Crippen LogP contribution in [0.4, 0.5) is 11.4 Å². The van der Waals surface area contributed by atoms with E-state index < -0.39 is 0 Å². The van der Waals surface area contributed by atoms with E-state index in [1.54, 1.807) is 0 Å². The van der Waals surface area contributed by atoms with Gasteiger partial charge in [-0.05, 0) is 78.1 Å². The van der Waals surface area contributed by atoms with E-state index in [-0.39, 0.29) is 0 Å². The number of aliphatic imine (C=N–C) groups is 1. The molecule has 3 heteroatoms. The molecule has 0 radical (unpaired) electrons. The van der Waals surface area contributed by atoms with Gasteiger partial charge in [0.25, 0.3) is 0 Å². The molecule has 0 aliphatic carbocycles. The third-order valence-corrected chi connectivity index (χ3v) is 5.51. The maximum atomic E-state index is 4.54. The van der Waals surface area contributed by atoms with Crippen LogP contribution in [-0.2, 0) is 13.1 Å². The number of hydrogen-bond acceptors (Lipinski definition) is 2. The number of rotatable bonds is 3. The van der Waals surface area contributed by atoms with Gasteiger partial charge in [0.2, 0.25) is 0 Å². The first-order valence-corrected chi connectivity index (χ1v) is 9.61. The Hall–Kier alpha value is -2.39. The summed E-state index contributed by atoms with van der Waals surface area (Å²) in [6.07, 6.45) is 1.92. The van der Waals surface area contributed by atoms with Crippen molar-refractivity contribution in [3.05, 3.63) is 93.0 Å². The highest BCUT2D eigenvalue weighted by Crippen LogP contribution is 2.30. The Bertz CT molecular complexity index is 926. The van der Waals surface area contributed by atoms with Crippen molar-refractivity contribution in [2.24, 2.45) is 4.99 Å². The Morgan fingerprint density at radius 1 is 0.846 bits per heavy atom. The lowest BCUT2D eigenvalue weighted by Crippen LogP contribution is -2.14. The van der Waals surface area contributed by atoms with E-state index in [2.05, 4.69) is 76.1 Å². The second-order valence-electron chi connectivity index (χ2n) is 6.89. The van der Waals surface area contributed by atoms with E-state index in [1.165, 1.54) is 27.9 Å². The van der Waals surface area contributed by atoms with Gasteiger partial charge in [-0.3, -0.25) is 4.99 Å². The first-order chi connectivity index (χ1) is 12.6. The van der Waals surface area contributed by atoms with Gasteiger partial charge in [0, 0.05) is 29.5 Å². The zero-order chi connectivity index (χ0) is 18.1. The molecule has 26 heavy (non-hydrogen) atoms. The van der Waals surface area contributed by atoms with Crippen LogP contribution in [0.5, 0.6) is 0 Å². The summed E-state index contributed by atoms with van der Waals surface area (Å²) in [5.41, 5.74) is 8.99. The normalized spacial score (nSPS) is 13.4. The van der Waals surface area contributed by atoms with Gasteiger partial charge in [-0.15, -0.1) is 0 Å². The van der Waals surface area contributed by atoms with Crippen LogP contribution in [0.3, 0.4) is 0 Å². The molecule has 0 N–H and O–H groups in total. The van der Waals surface area contributed by atoms with Crippen molar-refractivity contribution in [2.45, 2.75) is 26.9 Å². The van der Waals surface area contributed by atoms with Crippen LogP contribution in [-0.4, -0.2) is 6.21 Å². The standard InChI is InChI=1S/C23H21BrN2/c1-16-11-19-14-26(15-20(19)12-17(16)2)23-9-3-18(4-10-23)13-25-22-7-5-21(24)6-8-22/h3-13H,14-15H2,1-2H3. The maximum absolute atomic E-state index is 4.54. The van der Waals surface area contributed by atoms with Crippen molar-refractivity contribution in [1.29, 1.82) is 0 Å². The second kappa shape index (κ2) is 7.08. The first kappa shape index (κ1) is 17.0. The molecule has 0 bridgehead atoms. The monoisotopic (exact) mass is 404 g/mol. The van der Waals surface area contributed by atoms with E-state index in [1.807, 2.05) is 30.5 Å². The minimum atomic E-state index is 0.956. The molecule has 0 saturated carbocycles. The van der Waals surface area contributed by atoms with Gasteiger partial charge >= 0.3 is 0 Å². The quantitative estimate of drug-likeness (QED) is 0.465. The second-order valence-corrected chi connectivity index (χ2v) is 7.80. The summed E-state index contributed by atoms with van der Waals surface area (Å²) in [4.78, 5) is 6.97. The summed E-state index contributed by atoms with van der Waals surface area (Å²) >= 11 is 3.44. The number of fused-ring (bicyclic) bond motifs is 1. The molecular formula is C23H21BrN2. The summed E-state index contributed by atoms with van der Waals surface area (Å²) in [5.74, 6) is 0. The molecule has 0 spiro atoms. The van der Waals surface area contributed by atoms with Crippen LogP contribution in [0.25, 0.3) is 0 Å². The van der Waals surface area contributed by atoms with Crippen molar-refractivity contribution < 1.29 is 0 Å². The van der Waals surface area contributed by atoms with Gasteiger partial charge in [0.1, 0.15) is 0 Å². The van der Waals surface area contributed by atoms with Gasteiger partial charge in [-0.25, -0.2) is 0 Å². The largest absolute Gasteiger partial charge is 0.363 e. The predicted molar refractivity (Wildman–Crippen MR) is 114 cm³/mol. The third kappa shape index (κ3) is 3.58. The Morgan fingerprint density at radius 3 is 2.00 bits per heavy atom. The molecule has 0 atom stereocenters. The fraction of sp³-hybridized carbons (Fsp3) is 0.174. The van der Waals surface area contributed by atoms with E-state index in [0.717, 1.165) is 28.8 Å². The molecule has 0 unspecified atom stereocenters. The average Bonchev–Trinajstić information content (AvgIpc) is 3.05. The molecule has 130 valence electrons. The van der Waals surface area contributed by atoms with Crippen LogP contribution in [0.15, 0.2) is 70.1 Å². The highest BCUT2D eigenvalue weighted by atomic mass is 79.9. The summed E-state index contributed by atoms with van der Waals surface area (Å²) in [6.45, 7) is 6.36. The van der Waals surface area contributed by atoms with Gasteiger partial charge in [0.15, 0.2) is 0 Å². The highest BCUT2D eigenvalue weighted by molar-refractivity contribution is 9.10. The summed E-state index contributed by atoms with van der Waals surface area (Å²) in [7, 11) is 0. The number of aryl methyl sites for hydroxylation is 2. The Kier molecular flexibility index (Phi) is 4.64. The molecular weight excluding hydrogens is 384 g/mol. The topological polar surface area (TPSA) is 15.6 Å². The molecule has 1 heterocycles.